The molecule has 1 fully saturated rings. The molecule has 1 aromatic carbocycles. The summed E-state index contributed by atoms with van der Waals surface area (Å²) in [4.78, 5) is 11.3. The fraction of sp³-hybridized carbons (Fsp3) is 0.562. The fourth-order valence-electron chi connectivity index (χ4n) is 3.05. The fourth-order valence-corrected chi connectivity index (χ4v) is 3.05. The molecule has 0 unspecified atom stereocenters. The second-order valence-electron chi connectivity index (χ2n) is 5.63. The number of carboxylic acid groups (broad SMARTS) is 1. The summed E-state index contributed by atoms with van der Waals surface area (Å²) in [5, 5.41) is 12.6. The molecule has 0 spiro atoms. The topological polar surface area (TPSA) is 58.6 Å². The van der Waals surface area contributed by atoms with E-state index >= 15 is 0 Å². The molecule has 0 aromatic heterocycles. The van der Waals surface area contributed by atoms with Crippen LogP contribution in [0.3, 0.4) is 0 Å². The van der Waals surface area contributed by atoms with Crippen molar-refractivity contribution in [3.63, 3.8) is 0 Å². The number of hydrogen-bond acceptors (Lipinski definition) is 3. The summed E-state index contributed by atoms with van der Waals surface area (Å²) in [5.41, 5.74) is 1.27. The Morgan fingerprint density at radius 3 is 2.65 bits per heavy atom. The molecule has 20 heavy (non-hydrogen) atoms. The molecule has 1 aromatic rings. The average molecular weight is 277 g/mol. The molecule has 4 nitrogen and oxygen atoms in total. The van der Waals surface area contributed by atoms with Gasteiger partial charge in [0, 0.05) is 12.6 Å². The van der Waals surface area contributed by atoms with Crippen LogP contribution >= 0.6 is 0 Å². The van der Waals surface area contributed by atoms with Crippen molar-refractivity contribution in [1.82, 2.24) is 0 Å². The van der Waals surface area contributed by atoms with Crippen molar-refractivity contribution in [2.24, 2.45) is 5.41 Å². The third kappa shape index (κ3) is 3.06. The highest BCUT2D eigenvalue weighted by molar-refractivity contribution is 5.94. The minimum atomic E-state index is -0.910. The van der Waals surface area contributed by atoms with Gasteiger partial charge in [-0.25, -0.2) is 4.79 Å². The molecule has 1 saturated carbocycles. The van der Waals surface area contributed by atoms with Crippen LogP contribution in [0.15, 0.2) is 18.2 Å². The van der Waals surface area contributed by atoms with Crippen LogP contribution in [-0.2, 0) is 0 Å². The van der Waals surface area contributed by atoms with Crippen LogP contribution in [0.25, 0.3) is 0 Å². The SMILES string of the molecule is CCC1(CNc2cc(OC)ccc2C(=O)O)CCCC1. The third-order valence-corrected chi connectivity index (χ3v) is 4.53. The van der Waals surface area contributed by atoms with Crippen LogP contribution in [0.2, 0.25) is 0 Å². The van der Waals surface area contributed by atoms with E-state index in [1.165, 1.54) is 25.7 Å². The number of hydrogen-bond donors (Lipinski definition) is 2. The maximum atomic E-state index is 11.3. The van der Waals surface area contributed by atoms with Gasteiger partial charge in [0.15, 0.2) is 0 Å². The van der Waals surface area contributed by atoms with E-state index in [-0.39, 0.29) is 0 Å². The number of rotatable bonds is 6. The van der Waals surface area contributed by atoms with Crippen molar-refractivity contribution in [3.8, 4) is 5.75 Å². The molecular formula is C16H23NO3. The minimum absolute atomic E-state index is 0.301. The Labute approximate surface area is 120 Å². The molecule has 1 aliphatic carbocycles. The zero-order valence-electron chi connectivity index (χ0n) is 12.2. The summed E-state index contributed by atoms with van der Waals surface area (Å²) in [7, 11) is 1.59. The standard InChI is InChI=1S/C16H23NO3/c1-3-16(8-4-5-9-16)11-17-14-10-12(20-2)6-7-13(14)15(18)19/h6-7,10,17H,3-5,8-9,11H2,1-2H3,(H,18,19). The second kappa shape index (κ2) is 6.16. The van der Waals surface area contributed by atoms with Crippen molar-refractivity contribution in [2.45, 2.75) is 39.0 Å². The molecule has 0 aliphatic heterocycles. The van der Waals surface area contributed by atoms with Crippen molar-refractivity contribution < 1.29 is 14.6 Å². The van der Waals surface area contributed by atoms with E-state index in [0.29, 0.717) is 22.4 Å². The first kappa shape index (κ1) is 14.7. The van der Waals surface area contributed by atoms with E-state index in [2.05, 4.69) is 12.2 Å². The number of carboxylic acids is 1. The Balaban J connectivity index is 2.16. The Hall–Kier alpha value is -1.71. The lowest BCUT2D eigenvalue weighted by molar-refractivity contribution is 0.0698. The van der Waals surface area contributed by atoms with Gasteiger partial charge in [0.1, 0.15) is 5.75 Å². The lowest BCUT2D eigenvalue weighted by Gasteiger charge is -2.28. The number of aromatic carboxylic acids is 1. The predicted molar refractivity (Wildman–Crippen MR) is 79.6 cm³/mol. The zero-order valence-corrected chi connectivity index (χ0v) is 12.2. The lowest BCUT2D eigenvalue weighted by Crippen LogP contribution is -2.26. The number of nitrogens with one attached hydrogen (secondary N) is 1. The number of ether oxygens (including phenoxy) is 1. The first-order valence-electron chi connectivity index (χ1n) is 7.25. The van der Waals surface area contributed by atoms with E-state index in [4.69, 9.17) is 4.74 Å². The number of anilines is 1. The molecule has 0 bridgehead atoms. The molecule has 4 heteroatoms. The molecular weight excluding hydrogens is 254 g/mol. The molecule has 1 aliphatic rings. The zero-order chi connectivity index (χ0) is 14.6. The normalized spacial score (nSPS) is 16.9. The van der Waals surface area contributed by atoms with Crippen LogP contribution in [0, 0.1) is 5.41 Å². The van der Waals surface area contributed by atoms with Crippen LogP contribution in [0.4, 0.5) is 5.69 Å². The highest BCUT2D eigenvalue weighted by Crippen LogP contribution is 2.41. The van der Waals surface area contributed by atoms with Gasteiger partial charge in [-0.15, -0.1) is 0 Å². The summed E-state index contributed by atoms with van der Waals surface area (Å²) in [5.74, 6) is -0.235. The monoisotopic (exact) mass is 277 g/mol. The van der Waals surface area contributed by atoms with Gasteiger partial charge in [0.2, 0.25) is 0 Å². The minimum Gasteiger partial charge on any atom is -0.497 e. The van der Waals surface area contributed by atoms with Crippen LogP contribution in [-0.4, -0.2) is 24.7 Å². The van der Waals surface area contributed by atoms with E-state index < -0.39 is 5.97 Å². The van der Waals surface area contributed by atoms with E-state index in [9.17, 15) is 9.90 Å². The van der Waals surface area contributed by atoms with E-state index in [0.717, 1.165) is 13.0 Å². The smallest absolute Gasteiger partial charge is 0.337 e. The third-order valence-electron chi connectivity index (χ3n) is 4.53. The highest BCUT2D eigenvalue weighted by atomic mass is 16.5. The van der Waals surface area contributed by atoms with Crippen molar-refractivity contribution in [1.29, 1.82) is 0 Å². The van der Waals surface area contributed by atoms with Crippen molar-refractivity contribution in [3.05, 3.63) is 23.8 Å². The Morgan fingerprint density at radius 1 is 1.40 bits per heavy atom. The number of benzene rings is 1. The molecule has 0 atom stereocenters. The summed E-state index contributed by atoms with van der Waals surface area (Å²) in [6.45, 7) is 3.05. The molecule has 0 heterocycles. The Bertz CT molecular complexity index is 479. The molecule has 2 N–H and O–H groups in total. The van der Waals surface area contributed by atoms with Gasteiger partial charge >= 0.3 is 5.97 Å². The summed E-state index contributed by atoms with van der Waals surface area (Å²) in [6, 6.07) is 5.04. The second-order valence-corrected chi connectivity index (χ2v) is 5.63. The Kier molecular flexibility index (Phi) is 4.53. The quantitative estimate of drug-likeness (QED) is 0.831. The van der Waals surface area contributed by atoms with E-state index in [1.807, 2.05) is 0 Å². The largest absolute Gasteiger partial charge is 0.497 e. The maximum Gasteiger partial charge on any atom is 0.337 e. The van der Waals surface area contributed by atoms with Crippen molar-refractivity contribution in [2.75, 3.05) is 19.0 Å². The van der Waals surface area contributed by atoms with Crippen LogP contribution < -0.4 is 10.1 Å². The number of carbonyl (C=O) groups is 1. The van der Waals surface area contributed by atoms with Crippen molar-refractivity contribution >= 4 is 11.7 Å². The molecule has 0 saturated heterocycles. The van der Waals surface area contributed by atoms with Crippen LogP contribution in [0.1, 0.15) is 49.4 Å². The average Bonchev–Trinajstić information content (AvgIpc) is 2.94. The van der Waals surface area contributed by atoms with Gasteiger partial charge in [0.25, 0.3) is 0 Å². The maximum absolute atomic E-state index is 11.3. The lowest BCUT2D eigenvalue weighted by atomic mass is 9.83. The molecule has 110 valence electrons. The first-order valence-corrected chi connectivity index (χ1v) is 7.25. The molecule has 0 amide bonds. The van der Waals surface area contributed by atoms with Gasteiger partial charge in [-0.2, -0.15) is 0 Å². The van der Waals surface area contributed by atoms with Crippen LogP contribution in [0.5, 0.6) is 5.75 Å². The van der Waals surface area contributed by atoms with Gasteiger partial charge in [0.05, 0.1) is 18.4 Å². The molecule has 0 radical (unpaired) electrons. The van der Waals surface area contributed by atoms with Gasteiger partial charge in [-0.3, -0.25) is 0 Å². The first-order chi connectivity index (χ1) is 9.60. The Morgan fingerprint density at radius 2 is 2.10 bits per heavy atom. The summed E-state index contributed by atoms with van der Waals surface area (Å²) >= 11 is 0. The van der Waals surface area contributed by atoms with Gasteiger partial charge in [-0.05, 0) is 36.8 Å². The summed E-state index contributed by atoms with van der Waals surface area (Å²) in [6.07, 6.45) is 6.14. The van der Waals surface area contributed by atoms with Gasteiger partial charge < -0.3 is 15.2 Å². The molecule has 2 rings (SSSR count). The summed E-state index contributed by atoms with van der Waals surface area (Å²) < 4.78 is 5.18. The van der Waals surface area contributed by atoms with E-state index in [1.54, 1.807) is 25.3 Å². The predicted octanol–water partition coefficient (Wildman–Crippen LogP) is 3.78. The van der Waals surface area contributed by atoms with Gasteiger partial charge in [-0.1, -0.05) is 19.8 Å². The highest BCUT2D eigenvalue weighted by Gasteiger charge is 2.31. The number of methoxy groups -OCH3 is 1.